The number of ether oxygens (including phenoxy) is 1. The largest absolute Gasteiger partial charge is 0.469 e. The number of hydrogen-bond donors (Lipinski definition) is 2. The molecule has 1 saturated carbocycles. The average Bonchev–Trinajstić information content (AvgIpc) is 2.99. The fourth-order valence-corrected chi connectivity index (χ4v) is 2.98. The highest BCUT2D eigenvalue weighted by molar-refractivity contribution is 5.79. The summed E-state index contributed by atoms with van der Waals surface area (Å²) in [7, 11) is 3.23. The number of unbranched alkanes of at least 4 members (excludes halogenated alkanes) is 1. The molecule has 122 valence electrons. The van der Waals surface area contributed by atoms with Crippen molar-refractivity contribution in [3.05, 3.63) is 0 Å². The molecule has 0 spiro atoms. The molecule has 0 heterocycles. The Morgan fingerprint density at radius 3 is 2.52 bits per heavy atom. The lowest BCUT2D eigenvalue weighted by molar-refractivity contribution is -0.140. The van der Waals surface area contributed by atoms with Crippen LogP contribution in [0.5, 0.6) is 0 Å². The molecule has 2 N–H and O–H groups in total. The van der Waals surface area contributed by atoms with E-state index in [2.05, 4.69) is 27.3 Å². The number of esters is 1. The summed E-state index contributed by atoms with van der Waals surface area (Å²) in [6, 6.07) is 0. The van der Waals surface area contributed by atoms with Crippen LogP contribution in [0.4, 0.5) is 0 Å². The molecule has 0 aromatic carbocycles. The van der Waals surface area contributed by atoms with Gasteiger partial charge in [0.25, 0.3) is 0 Å². The van der Waals surface area contributed by atoms with Crippen molar-refractivity contribution in [3.8, 4) is 0 Å². The molecule has 0 atom stereocenters. The first-order chi connectivity index (χ1) is 10.2. The van der Waals surface area contributed by atoms with Crippen LogP contribution >= 0.6 is 0 Å². The monoisotopic (exact) mass is 297 g/mol. The molecule has 5 nitrogen and oxygen atoms in total. The molecule has 1 aliphatic rings. The maximum atomic E-state index is 11.0. The fraction of sp³-hybridized carbons (Fsp3) is 0.875. The summed E-state index contributed by atoms with van der Waals surface area (Å²) >= 11 is 0. The van der Waals surface area contributed by atoms with Crippen molar-refractivity contribution >= 4 is 11.9 Å². The quantitative estimate of drug-likeness (QED) is 0.313. The molecule has 0 saturated heterocycles. The van der Waals surface area contributed by atoms with E-state index >= 15 is 0 Å². The van der Waals surface area contributed by atoms with E-state index < -0.39 is 0 Å². The third-order valence-corrected chi connectivity index (χ3v) is 4.60. The first kappa shape index (κ1) is 17.8. The SMILES string of the molecule is CCC1(CNC(=NC)NCCCCC(=O)OC)CCCC1. The van der Waals surface area contributed by atoms with Gasteiger partial charge < -0.3 is 15.4 Å². The highest BCUT2D eigenvalue weighted by Gasteiger charge is 2.31. The molecule has 0 aliphatic heterocycles. The minimum absolute atomic E-state index is 0.136. The van der Waals surface area contributed by atoms with Crippen LogP contribution in [0.1, 0.15) is 58.3 Å². The Balaban J connectivity index is 2.19. The van der Waals surface area contributed by atoms with Crippen LogP contribution < -0.4 is 10.6 Å². The van der Waals surface area contributed by atoms with Crippen molar-refractivity contribution in [2.45, 2.75) is 58.3 Å². The van der Waals surface area contributed by atoms with Gasteiger partial charge in [-0.25, -0.2) is 0 Å². The molecule has 0 unspecified atom stereocenters. The Kier molecular flexibility index (Phi) is 8.16. The first-order valence-corrected chi connectivity index (χ1v) is 8.17. The van der Waals surface area contributed by atoms with Gasteiger partial charge in [0.1, 0.15) is 0 Å². The molecule has 5 heteroatoms. The third kappa shape index (κ3) is 6.36. The van der Waals surface area contributed by atoms with Crippen molar-refractivity contribution in [3.63, 3.8) is 0 Å². The predicted octanol–water partition coefficient (Wildman–Crippen LogP) is 2.47. The number of guanidine groups is 1. The van der Waals surface area contributed by atoms with Gasteiger partial charge in [-0.15, -0.1) is 0 Å². The zero-order valence-corrected chi connectivity index (χ0v) is 13.8. The van der Waals surface area contributed by atoms with Crippen LogP contribution in [0.25, 0.3) is 0 Å². The number of nitrogens with zero attached hydrogens (tertiary/aromatic N) is 1. The Morgan fingerprint density at radius 1 is 1.24 bits per heavy atom. The second-order valence-electron chi connectivity index (χ2n) is 5.95. The lowest BCUT2D eigenvalue weighted by Gasteiger charge is -2.28. The first-order valence-electron chi connectivity index (χ1n) is 8.17. The van der Waals surface area contributed by atoms with Crippen LogP contribution in [-0.2, 0) is 9.53 Å². The average molecular weight is 297 g/mol. The fourth-order valence-electron chi connectivity index (χ4n) is 2.98. The molecule has 1 rings (SSSR count). The van der Waals surface area contributed by atoms with E-state index in [1.807, 2.05) is 0 Å². The van der Waals surface area contributed by atoms with Crippen molar-refractivity contribution in [2.24, 2.45) is 10.4 Å². The molecular formula is C16H31N3O2. The number of nitrogens with one attached hydrogen (secondary N) is 2. The Morgan fingerprint density at radius 2 is 1.95 bits per heavy atom. The van der Waals surface area contributed by atoms with Gasteiger partial charge in [-0.05, 0) is 37.5 Å². The number of aliphatic imine (C=N–C) groups is 1. The zero-order valence-electron chi connectivity index (χ0n) is 13.8. The van der Waals surface area contributed by atoms with Crippen LogP contribution in [0.3, 0.4) is 0 Å². The van der Waals surface area contributed by atoms with E-state index in [4.69, 9.17) is 0 Å². The van der Waals surface area contributed by atoms with Gasteiger partial charge >= 0.3 is 5.97 Å². The lowest BCUT2D eigenvalue weighted by Crippen LogP contribution is -2.43. The smallest absolute Gasteiger partial charge is 0.305 e. The summed E-state index contributed by atoms with van der Waals surface area (Å²) < 4.78 is 4.62. The van der Waals surface area contributed by atoms with Gasteiger partial charge in [-0.1, -0.05) is 19.8 Å². The summed E-state index contributed by atoms with van der Waals surface area (Å²) in [6.45, 7) is 4.12. The Hall–Kier alpha value is -1.26. The molecular weight excluding hydrogens is 266 g/mol. The second-order valence-corrected chi connectivity index (χ2v) is 5.95. The minimum Gasteiger partial charge on any atom is -0.469 e. The van der Waals surface area contributed by atoms with Gasteiger partial charge in [0.15, 0.2) is 5.96 Å². The maximum Gasteiger partial charge on any atom is 0.305 e. The minimum atomic E-state index is -0.136. The third-order valence-electron chi connectivity index (χ3n) is 4.60. The topological polar surface area (TPSA) is 62.7 Å². The van der Waals surface area contributed by atoms with Gasteiger partial charge in [0.2, 0.25) is 0 Å². The molecule has 21 heavy (non-hydrogen) atoms. The summed E-state index contributed by atoms with van der Waals surface area (Å²) in [5.74, 6) is 0.733. The van der Waals surface area contributed by atoms with Crippen LogP contribution in [0, 0.1) is 5.41 Å². The van der Waals surface area contributed by atoms with Crippen molar-refractivity contribution in [1.29, 1.82) is 0 Å². The van der Waals surface area contributed by atoms with Crippen molar-refractivity contribution in [1.82, 2.24) is 10.6 Å². The lowest BCUT2D eigenvalue weighted by atomic mass is 9.83. The van der Waals surface area contributed by atoms with E-state index in [9.17, 15) is 4.79 Å². The van der Waals surface area contributed by atoms with E-state index in [-0.39, 0.29) is 5.97 Å². The number of carbonyl (C=O) groups excluding carboxylic acids is 1. The molecule has 1 aliphatic carbocycles. The summed E-state index contributed by atoms with van der Waals surface area (Å²) in [5.41, 5.74) is 0.461. The molecule has 0 bridgehead atoms. The van der Waals surface area contributed by atoms with E-state index in [1.54, 1.807) is 7.05 Å². The van der Waals surface area contributed by atoms with Crippen LogP contribution in [-0.4, -0.2) is 39.2 Å². The number of hydrogen-bond acceptors (Lipinski definition) is 3. The molecule has 1 fully saturated rings. The van der Waals surface area contributed by atoms with E-state index in [0.29, 0.717) is 11.8 Å². The maximum absolute atomic E-state index is 11.0. The molecule has 0 amide bonds. The molecule has 0 aromatic rings. The normalized spacial score (nSPS) is 17.6. The number of methoxy groups -OCH3 is 1. The van der Waals surface area contributed by atoms with Crippen LogP contribution in [0.15, 0.2) is 4.99 Å². The van der Waals surface area contributed by atoms with E-state index in [0.717, 1.165) is 31.9 Å². The van der Waals surface area contributed by atoms with Crippen molar-refractivity contribution < 1.29 is 9.53 Å². The Labute approximate surface area is 128 Å². The van der Waals surface area contributed by atoms with Crippen molar-refractivity contribution in [2.75, 3.05) is 27.2 Å². The number of carbonyl (C=O) groups is 1. The Bertz CT molecular complexity index is 336. The summed E-state index contributed by atoms with van der Waals surface area (Å²) in [4.78, 5) is 15.3. The number of rotatable bonds is 8. The van der Waals surface area contributed by atoms with Gasteiger partial charge in [-0.3, -0.25) is 9.79 Å². The predicted molar refractivity (Wildman–Crippen MR) is 86.4 cm³/mol. The highest BCUT2D eigenvalue weighted by atomic mass is 16.5. The van der Waals surface area contributed by atoms with E-state index in [1.165, 1.54) is 39.2 Å². The second kappa shape index (κ2) is 9.64. The van der Waals surface area contributed by atoms with Gasteiger partial charge in [-0.2, -0.15) is 0 Å². The zero-order chi connectivity index (χ0) is 15.6. The highest BCUT2D eigenvalue weighted by Crippen LogP contribution is 2.40. The summed E-state index contributed by atoms with van der Waals surface area (Å²) in [5, 5.41) is 6.77. The van der Waals surface area contributed by atoms with Gasteiger partial charge in [0, 0.05) is 26.6 Å². The summed E-state index contributed by atoms with van der Waals surface area (Å²) in [6.07, 6.45) is 8.87. The molecule has 0 aromatic heterocycles. The molecule has 0 radical (unpaired) electrons. The standard InChI is InChI=1S/C16H31N3O2/c1-4-16(10-6-7-11-16)13-19-15(17-2)18-12-8-5-9-14(20)21-3/h4-13H2,1-3H3,(H2,17,18,19). The van der Waals surface area contributed by atoms with Gasteiger partial charge in [0.05, 0.1) is 7.11 Å². The van der Waals surface area contributed by atoms with Crippen LogP contribution in [0.2, 0.25) is 0 Å².